The third-order valence-electron chi connectivity index (χ3n) is 2.45. The van der Waals surface area contributed by atoms with Crippen molar-refractivity contribution in [3.8, 4) is 0 Å². The van der Waals surface area contributed by atoms with Crippen LogP contribution in [0.5, 0.6) is 0 Å². The molecule has 2 atom stereocenters. The number of ether oxygens (including phenoxy) is 1. The molecular formula is C9H16N4OS. The van der Waals surface area contributed by atoms with Gasteiger partial charge >= 0.3 is 0 Å². The van der Waals surface area contributed by atoms with Crippen LogP contribution in [0, 0.1) is 0 Å². The molecule has 2 rings (SSSR count). The maximum Gasteiger partial charge on any atom is 0.132 e. The third-order valence-corrected chi connectivity index (χ3v) is 3.05. The van der Waals surface area contributed by atoms with Crippen molar-refractivity contribution >= 4 is 16.5 Å². The average Bonchev–Trinajstić information content (AvgIpc) is 2.50. The SMILES string of the molecule is CC1CN(Cc2nnsc2N)CC(C)O1. The van der Waals surface area contributed by atoms with Crippen LogP contribution < -0.4 is 5.73 Å². The lowest BCUT2D eigenvalue weighted by molar-refractivity contribution is -0.0707. The Hall–Kier alpha value is -0.720. The first-order chi connectivity index (χ1) is 7.15. The van der Waals surface area contributed by atoms with Crippen molar-refractivity contribution in [1.29, 1.82) is 0 Å². The number of aromatic nitrogens is 2. The number of rotatable bonds is 2. The molecule has 5 nitrogen and oxygen atoms in total. The van der Waals surface area contributed by atoms with Gasteiger partial charge in [0.2, 0.25) is 0 Å². The van der Waals surface area contributed by atoms with Crippen molar-refractivity contribution in [2.75, 3.05) is 18.8 Å². The molecule has 15 heavy (non-hydrogen) atoms. The van der Waals surface area contributed by atoms with E-state index >= 15 is 0 Å². The van der Waals surface area contributed by atoms with E-state index in [2.05, 4.69) is 28.3 Å². The zero-order valence-electron chi connectivity index (χ0n) is 9.01. The molecule has 0 radical (unpaired) electrons. The Morgan fingerprint density at radius 1 is 1.47 bits per heavy atom. The fraction of sp³-hybridized carbons (Fsp3) is 0.778. The summed E-state index contributed by atoms with van der Waals surface area (Å²) in [6, 6.07) is 0. The van der Waals surface area contributed by atoms with Crippen molar-refractivity contribution in [3.05, 3.63) is 5.69 Å². The smallest absolute Gasteiger partial charge is 0.132 e. The Balaban J connectivity index is 1.97. The summed E-state index contributed by atoms with van der Waals surface area (Å²) in [6.45, 7) is 6.82. The van der Waals surface area contributed by atoms with Gasteiger partial charge in [-0.25, -0.2) is 0 Å². The monoisotopic (exact) mass is 228 g/mol. The Labute approximate surface area is 93.4 Å². The Bertz CT molecular complexity index is 320. The predicted octanol–water partition coefficient (Wildman–Crippen LogP) is 0.729. The van der Waals surface area contributed by atoms with Crippen LogP contribution in [-0.2, 0) is 11.3 Å². The van der Waals surface area contributed by atoms with Gasteiger partial charge in [0.1, 0.15) is 10.7 Å². The summed E-state index contributed by atoms with van der Waals surface area (Å²) in [5.74, 6) is 0. The van der Waals surface area contributed by atoms with Crippen LogP contribution in [0.25, 0.3) is 0 Å². The molecule has 84 valence electrons. The van der Waals surface area contributed by atoms with E-state index in [-0.39, 0.29) is 12.2 Å². The lowest BCUT2D eigenvalue weighted by Gasteiger charge is -2.34. The van der Waals surface area contributed by atoms with Gasteiger partial charge < -0.3 is 10.5 Å². The van der Waals surface area contributed by atoms with Gasteiger partial charge in [-0.3, -0.25) is 4.90 Å². The van der Waals surface area contributed by atoms with Crippen LogP contribution in [0.2, 0.25) is 0 Å². The first-order valence-corrected chi connectivity index (χ1v) is 5.87. The zero-order valence-corrected chi connectivity index (χ0v) is 9.83. The molecule has 1 saturated heterocycles. The zero-order chi connectivity index (χ0) is 10.8. The minimum Gasteiger partial charge on any atom is -0.388 e. The molecule has 0 amide bonds. The number of anilines is 1. The highest BCUT2D eigenvalue weighted by atomic mass is 32.1. The molecule has 1 aliphatic rings. The molecule has 0 aromatic carbocycles. The molecule has 0 bridgehead atoms. The molecule has 6 heteroatoms. The highest BCUT2D eigenvalue weighted by Gasteiger charge is 2.23. The largest absolute Gasteiger partial charge is 0.388 e. The first kappa shape index (κ1) is 10.8. The van der Waals surface area contributed by atoms with E-state index in [9.17, 15) is 0 Å². The number of hydrogen-bond donors (Lipinski definition) is 1. The second-order valence-electron chi connectivity index (χ2n) is 4.04. The van der Waals surface area contributed by atoms with Crippen molar-refractivity contribution in [2.24, 2.45) is 0 Å². The number of nitrogen functional groups attached to an aromatic ring is 1. The van der Waals surface area contributed by atoms with E-state index in [1.807, 2.05) is 0 Å². The first-order valence-electron chi connectivity index (χ1n) is 5.09. The normalized spacial score (nSPS) is 28.1. The fourth-order valence-corrected chi connectivity index (χ4v) is 2.39. The third kappa shape index (κ3) is 2.64. The molecule has 2 heterocycles. The van der Waals surface area contributed by atoms with E-state index in [1.165, 1.54) is 11.5 Å². The van der Waals surface area contributed by atoms with E-state index in [0.717, 1.165) is 30.3 Å². The topological polar surface area (TPSA) is 64.3 Å². The maximum atomic E-state index is 5.76. The van der Waals surface area contributed by atoms with E-state index < -0.39 is 0 Å². The summed E-state index contributed by atoms with van der Waals surface area (Å²) in [6.07, 6.45) is 0.558. The van der Waals surface area contributed by atoms with Gasteiger partial charge in [-0.15, -0.1) is 5.10 Å². The Morgan fingerprint density at radius 2 is 2.13 bits per heavy atom. The van der Waals surface area contributed by atoms with Crippen LogP contribution in [0.4, 0.5) is 5.00 Å². The number of hydrogen-bond acceptors (Lipinski definition) is 6. The van der Waals surface area contributed by atoms with Crippen LogP contribution in [0.15, 0.2) is 0 Å². The summed E-state index contributed by atoms with van der Waals surface area (Å²) in [4.78, 5) is 2.31. The highest BCUT2D eigenvalue weighted by Crippen LogP contribution is 2.18. The average molecular weight is 228 g/mol. The van der Waals surface area contributed by atoms with Gasteiger partial charge in [0.25, 0.3) is 0 Å². The second kappa shape index (κ2) is 4.42. The van der Waals surface area contributed by atoms with E-state index in [0.29, 0.717) is 0 Å². The molecule has 1 aromatic heterocycles. The minimum atomic E-state index is 0.279. The molecule has 0 spiro atoms. The summed E-state index contributed by atoms with van der Waals surface area (Å²) >= 11 is 1.25. The molecule has 1 aliphatic heterocycles. The lowest BCUT2D eigenvalue weighted by Crippen LogP contribution is -2.44. The summed E-state index contributed by atoms with van der Waals surface area (Å²) in [7, 11) is 0. The molecule has 0 saturated carbocycles. The van der Waals surface area contributed by atoms with E-state index in [1.54, 1.807) is 0 Å². The standard InChI is InChI=1S/C9H16N4OS/c1-6-3-13(4-7(2)14-6)5-8-9(10)15-12-11-8/h6-7H,3-5,10H2,1-2H3. The molecule has 1 aromatic rings. The van der Waals surface area contributed by atoms with Crippen molar-refractivity contribution in [2.45, 2.75) is 32.6 Å². The Kier molecular flexibility index (Phi) is 3.18. The number of nitrogens with two attached hydrogens (primary N) is 1. The van der Waals surface area contributed by atoms with Crippen LogP contribution in [0.1, 0.15) is 19.5 Å². The van der Waals surface area contributed by atoms with Crippen LogP contribution >= 0.6 is 11.5 Å². The number of morpholine rings is 1. The van der Waals surface area contributed by atoms with Gasteiger partial charge in [-0.2, -0.15) is 0 Å². The predicted molar refractivity (Wildman–Crippen MR) is 59.6 cm³/mol. The van der Waals surface area contributed by atoms with Crippen molar-refractivity contribution in [1.82, 2.24) is 14.5 Å². The van der Waals surface area contributed by atoms with Gasteiger partial charge in [0, 0.05) is 31.2 Å². The van der Waals surface area contributed by atoms with Crippen molar-refractivity contribution in [3.63, 3.8) is 0 Å². The van der Waals surface area contributed by atoms with E-state index in [4.69, 9.17) is 10.5 Å². The second-order valence-corrected chi connectivity index (χ2v) is 4.82. The quantitative estimate of drug-likeness (QED) is 0.808. The summed E-state index contributed by atoms with van der Waals surface area (Å²) in [5.41, 5.74) is 6.65. The van der Waals surface area contributed by atoms with Gasteiger partial charge in [0.05, 0.1) is 12.2 Å². The molecule has 0 aliphatic carbocycles. The van der Waals surface area contributed by atoms with Crippen LogP contribution in [-0.4, -0.2) is 39.8 Å². The van der Waals surface area contributed by atoms with Crippen LogP contribution in [0.3, 0.4) is 0 Å². The lowest BCUT2D eigenvalue weighted by atomic mass is 10.2. The van der Waals surface area contributed by atoms with Gasteiger partial charge in [0.15, 0.2) is 0 Å². The molecule has 2 unspecified atom stereocenters. The summed E-state index contributed by atoms with van der Waals surface area (Å²) in [5, 5.41) is 4.74. The maximum absolute atomic E-state index is 5.76. The Morgan fingerprint density at radius 3 is 2.67 bits per heavy atom. The van der Waals surface area contributed by atoms with Crippen molar-refractivity contribution < 1.29 is 4.74 Å². The summed E-state index contributed by atoms with van der Waals surface area (Å²) < 4.78 is 9.49. The molecular weight excluding hydrogens is 212 g/mol. The van der Waals surface area contributed by atoms with Gasteiger partial charge in [-0.1, -0.05) is 4.49 Å². The molecule has 2 N–H and O–H groups in total. The highest BCUT2D eigenvalue weighted by molar-refractivity contribution is 7.09. The van der Waals surface area contributed by atoms with Gasteiger partial charge in [-0.05, 0) is 13.8 Å². The fourth-order valence-electron chi connectivity index (χ4n) is 1.95. The number of nitrogens with zero attached hydrogens (tertiary/aromatic N) is 3. The minimum absolute atomic E-state index is 0.279. The molecule has 1 fully saturated rings.